The van der Waals surface area contributed by atoms with E-state index in [1.807, 2.05) is 0 Å². The second-order valence-electron chi connectivity index (χ2n) is 4.62. The van der Waals surface area contributed by atoms with Gasteiger partial charge >= 0.3 is 114 Å². The van der Waals surface area contributed by atoms with E-state index in [0.29, 0.717) is 20.9 Å². The predicted octanol–water partition coefficient (Wildman–Crippen LogP) is 2.92. The molecule has 0 bridgehead atoms. The first-order valence-corrected chi connectivity index (χ1v) is 8.31. The molecule has 3 rings (SSSR count). The second-order valence-corrected chi connectivity index (χ2v) is 6.91. The maximum absolute atomic E-state index is 5.79. The number of ether oxygens (including phenoxy) is 1. The van der Waals surface area contributed by atoms with Gasteiger partial charge in [-0.25, -0.2) is 0 Å². The molecular formula is C16H16OSe. The Morgan fingerprint density at radius 3 is 2.78 bits per heavy atom. The van der Waals surface area contributed by atoms with Crippen molar-refractivity contribution >= 4 is 19.4 Å². The van der Waals surface area contributed by atoms with Crippen LogP contribution in [0.5, 0.6) is 5.75 Å². The Morgan fingerprint density at radius 1 is 1.11 bits per heavy atom. The van der Waals surface area contributed by atoms with Crippen LogP contribution >= 0.6 is 0 Å². The zero-order valence-corrected chi connectivity index (χ0v) is 12.1. The van der Waals surface area contributed by atoms with Gasteiger partial charge in [0.15, 0.2) is 0 Å². The van der Waals surface area contributed by atoms with Gasteiger partial charge in [-0.3, -0.25) is 0 Å². The summed E-state index contributed by atoms with van der Waals surface area (Å²) in [6.45, 7) is 3.05. The molecule has 2 aromatic rings. The van der Waals surface area contributed by atoms with Gasteiger partial charge in [-0.15, -0.1) is 0 Å². The Morgan fingerprint density at radius 2 is 1.94 bits per heavy atom. The van der Waals surface area contributed by atoms with Gasteiger partial charge in [0.1, 0.15) is 0 Å². The zero-order valence-electron chi connectivity index (χ0n) is 10.4. The monoisotopic (exact) mass is 304 g/mol. The number of fused-ring (bicyclic) bond motifs is 1. The fourth-order valence-corrected chi connectivity index (χ4v) is 4.53. The van der Waals surface area contributed by atoms with Crippen molar-refractivity contribution in [3.8, 4) is 5.75 Å². The standard InChI is InChI=1S/C16H16OSe/c1-12-6-5-9-15-16(12)13(10-17-15)11-18-14-7-3-2-4-8-14/h2-9,13H,10-11H2,1H3. The molecule has 1 nitrogen and oxygen atoms in total. The molecule has 0 aromatic heterocycles. The molecule has 0 saturated carbocycles. The molecule has 1 atom stereocenters. The van der Waals surface area contributed by atoms with Gasteiger partial charge in [-0.2, -0.15) is 0 Å². The van der Waals surface area contributed by atoms with Crippen LogP contribution in [0.25, 0.3) is 0 Å². The Balaban J connectivity index is 1.74. The van der Waals surface area contributed by atoms with Crippen LogP contribution in [0.15, 0.2) is 48.5 Å². The van der Waals surface area contributed by atoms with Crippen molar-refractivity contribution in [2.45, 2.75) is 18.2 Å². The normalized spacial score (nSPS) is 17.3. The van der Waals surface area contributed by atoms with Crippen molar-refractivity contribution in [3.05, 3.63) is 59.7 Å². The van der Waals surface area contributed by atoms with E-state index in [-0.39, 0.29) is 0 Å². The minimum absolute atomic E-state index is 0.541. The molecule has 0 radical (unpaired) electrons. The van der Waals surface area contributed by atoms with Gasteiger partial charge in [-0.1, -0.05) is 0 Å². The fourth-order valence-electron chi connectivity index (χ4n) is 2.42. The van der Waals surface area contributed by atoms with Gasteiger partial charge < -0.3 is 0 Å². The van der Waals surface area contributed by atoms with Gasteiger partial charge in [0.25, 0.3) is 0 Å². The second kappa shape index (κ2) is 5.17. The Kier molecular flexibility index (Phi) is 3.40. The number of hydrogen-bond acceptors (Lipinski definition) is 1. The molecule has 18 heavy (non-hydrogen) atoms. The van der Waals surface area contributed by atoms with E-state index in [4.69, 9.17) is 4.74 Å². The van der Waals surface area contributed by atoms with Crippen LogP contribution < -0.4 is 9.20 Å². The Labute approximate surface area is 114 Å². The van der Waals surface area contributed by atoms with E-state index in [0.717, 1.165) is 12.4 Å². The SMILES string of the molecule is Cc1cccc2c1C(C[Se]c1ccccc1)CO2. The third-order valence-electron chi connectivity index (χ3n) is 3.33. The predicted molar refractivity (Wildman–Crippen MR) is 76.1 cm³/mol. The average molecular weight is 303 g/mol. The van der Waals surface area contributed by atoms with Crippen LogP contribution in [0.1, 0.15) is 17.0 Å². The maximum atomic E-state index is 5.79. The molecule has 0 spiro atoms. The van der Waals surface area contributed by atoms with Crippen LogP contribution in [0.3, 0.4) is 0 Å². The van der Waals surface area contributed by atoms with Gasteiger partial charge in [0.05, 0.1) is 0 Å². The molecule has 0 saturated heterocycles. The summed E-state index contributed by atoms with van der Waals surface area (Å²) < 4.78 is 7.27. The van der Waals surface area contributed by atoms with Gasteiger partial charge in [-0.05, 0) is 0 Å². The van der Waals surface area contributed by atoms with E-state index in [1.165, 1.54) is 20.9 Å². The van der Waals surface area contributed by atoms with E-state index in [1.54, 1.807) is 0 Å². The molecule has 1 heterocycles. The van der Waals surface area contributed by atoms with Crippen molar-refractivity contribution in [1.29, 1.82) is 0 Å². The van der Waals surface area contributed by atoms with Crippen molar-refractivity contribution in [2.24, 2.45) is 0 Å². The van der Waals surface area contributed by atoms with Gasteiger partial charge in [0.2, 0.25) is 0 Å². The summed E-state index contributed by atoms with van der Waals surface area (Å²) in [7, 11) is 0. The first-order chi connectivity index (χ1) is 8.84. The third-order valence-corrected chi connectivity index (χ3v) is 5.79. The summed E-state index contributed by atoms with van der Waals surface area (Å²) >= 11 is 0.541. The summed E-state index contributed by atoms with van der Waals surface area (Å²) in [4.78, 5) is 0. The summed E-state index contributed by atoms with van der Waals surface area (Å²) in [6, 6.07) is 17.2. The molecule has 2 heteroatoms. The molecule has 1 aliphatic heterocycles. The number of aryl methyl sites for hydroxylation is 1. The van der Waals surface area contributed by atoms with Crippen LogP contribution in [-0.2, 0) is 0 Å². The van der Waals surface area contributed by atoms with E-state index >= 15 is 0 Å². The summed E-state index contributed by atoms with van der Waals surface area (Å²) in [5.74, 6) is 1.69. The van der Waals surface area contributed by atoms with Crippen LogP contribution in [-0.4, -0.2) is 21.6 Å². The van der Waals surface area contributed by atoms with Crippen LogP contribution in [0, 0.1) is 6.92 Å². The quantitative estimate of drug-likeness (QED) is 0.792. The molecule has 2 aromatic carbocycles. The molecular weight excluding hydrogens is 287 g/mol. The van der Waals surface area contributed by atoms with Crippen molar-refractivity contribution in [3.63, 3.8) is 0 Å². The number of hydrogen-bond donors (Lipinski definition) is 0. The first-order valence-electron chi connectivity index (χ1n) is 6.25. The van der Waals surface area contributed by atoms with Crippen LogP contribution in [0.4, 0.5) is 0 Å². The first kappa shape index (κ1) is 11.8. The molecule has 92 valence electrons. The molecule has 1 aliphatic rings. The average Bonchev–Trinajstić information content (AvgIpc) is 2.82. The van der Waals surface area contributed by atoms with Crippen molar-refractivity contribution in [2.75, 3.05) is 6.61 Å². The molecule has 1 unspecified atom stereocenters. The van der Waals surface area contributed by atoms with Crippen molar-refractivity contribution < 1.29 is 4.74 Å². The summed E-state index contributed by atoms with van der Waals surface area (Å²) in [5, 5.41) is 1.23. The van der Waals surface area contributed by atoms with Gasteiger partial charge in [0, 0.05) is 0 Å². The molecule has 0 aliphatic carbocycles. The van der Waals surface area contributed by atoms with E-state index in [9.17, 15) is 0 Å². The fraction of sp³-hybridized carbons (Fsp3) is 0.250. The molecule has 0 fully saturated rings. The topological polar surface area (TPSA) is 9.23 Å². The van der Waals surface area contributed by atoms with E-state index in [2.05, 4.69) is 55.5 Å². The molecule has 0 amide bonds. The Hall–Kier alpha value is -1.24. The Bertz CT molecular complexity index is 536. The zero-order chi connectivity index (χ0) is 12.4. The van der Waals surface area contributed by atoms with Crippen LogP contribution in [0.2, 0.25) is 5.32 Å². The minimum atomic E-state index is 0.541. The third kappa shape index (κ3) is 2.31. The number of benzene rings is 2. The summed E-state index contributed by atoms with van der Waals surface area (Å²) in [6.07, 6.45) is 0. The van der Waals surface area contributed by atoms with E-state index < -0.39 is 0 Å². The summed E-state index contributed by atoms with van der Waals surface area (Å²) in [5.41, 5.74) is 2.81. The number of rotatable bonds is 3. The van der Waals surface area contributed by atoms with Crippen molar-refractivity contribution in [1.82, 2.24) is 0 Å². The molecule has 0 N–H and O–H groups in total.